The molecule has 0 saturated carbocycles. The molecule has 1 saturated heterocycles. The largest absolute Gasteiger partial charge is 0.349 e. The molecule has 2 rings (SSSR count). The van der Waals surface area contributed by atoms with Crippen LogP contribution in [0.4, 0.5) is 10.2 Å². The van der Waals surface area contributed by atoms with Crippen LogP contribution in [0.1, 0.15) is 5.56 Å². The van der Waals surface area contributed by atoms with Crippen molar-refractivity contribution < 1.29 is 4.39 Å². The van der Waals surface area contributed by atoms with Crippen LogP contribution < -0.4 is 4.90 Å². The predicted molar refractivity (Wildman–Crippen MR) is 55.6 cm³/mol. The molecule has 15 heavy (non-hydrogen) atoms. The first kappa shape index (κ1) is 10.2. The summed E-state index contributed by atoms with van der Waals surface area (Å²) in [6.07, 6.45) is 2.54. The van der Waals surface area contributed by atoms with E-state index in [0.29, 0.717) is 29.6 Å². The molecule has 4 nitrogen and oxygen atoms in total. The Kier molecular flexibility index (Phi) is 2.73. The van der Waals surface area contributed by atoms with E-state index in [-0.39, 0.29) is 0 Å². The van der Waals surface area contributed by atoms with E-state index in [0.717, 1.165) is 0 Å². The first-order chi connectivity index (χ1) is 7.24. The van der Waals surface area contributed by atoms with Crippen molar-refractivity contribution in [3.05, 3.63) is 11.8 Å². The second kappa shape index (κ2) is 4.03. The SMILES string of the molecule is CSc1ncc(C#N)c(N2CC(F)C2)n1. The molecular formula is C9H9FN4S. The summed E-state index contributed by atoms with van der Waals surface area (Å²) in [6, 6.07) is 2.01. The molecule has 1 aliphatic heterocycles. The maximum atomic E-state index is 12.7. The van der Waals surface area contributed by atoms with Crippen LogP contribution in [-0.4, -0.2) is 35.5 Å². The van der Waals surface area contributed by atoms with Crippen molar-refractivity contribution in [3.63, 3.8) is 0 Å². The van der Waals surface area contributed by atoms with Gasteiger partial charge in [0.15, 0.2) is 11.0 Å². The minimum Gasteiger partial charge on any atom is -0.349 e. The molecular weight excluding hydrogens is 215 g/mol. The van der Waals surface area contributed by atoms with Crippen LogP contribution in [0.25, 0.3) is 0 Å². The zero-order chi connectivity index (χ0) is 10.8. The summed E-state index contributed by atoms with van der Waals surface area (Å²) in [5.41, 5.74) is 0.403. The number of aromatic nitrogens is 2. The molecule has 6 heteroatoms. The van der Waals surface area contributed by atoms with Crippen molar-refractivity contribution in [2.45, 2.75) is 11.3 Å². The van der Waals surface area contributed by atoms with E-state index in [4.69, 9.17) is 5.26 Å². The molecule has 0 N–H and O–H groups in total. The van der Waals surface area contributed by atoms with E-state index in [9.17, 15) is 4.39 Å². The maximum absolute atomic E-state index is 12.7. The van der Waals surface area contributed by atoms with Gasteiger partial charge in [-0.3, -0.25) is 0 Å². The predicted octanol–water partition coefficient (Wildman–Crippen LogP) is 1.23. The number of thioether (sulfide) groups is 1. The maximum Gasteiger partial charge on any atom is 0.189 e. The van der Waals surface area contributed by atoms with Crippen molar-refractivity contribution in [2.75, 3.05) is 24.2 Å². The molecule has 0 aromatic carbocycles. The average molecular weight is 224 g/mol. The smallest absolute Gasteiger partial charge is 0.189 e. The average Bonchev–Trinajstić information content (AvgIpc) is 2.24. The molecule has 1 aromatic heterocycles. The normalized spacial score (nSPS) is 15.9. The van der Waals surface area contributed by atoms with Crippen molar-refractivity contribution in [1.82, 2.24) is 9.97 Å². The highest BCUT2D eigenvalue weighted by molar-refractivity contribution is 7.98. The van der Waals surface area contributed by atoms with Crippen molar-refractivity contribution >= 4 is 17.6 Å². The van der Waals surface area contributed by atoms with Crippen LogP contribution in [0.3, 0.4) is 0 Å². The van der Waals surface area contributed by atoms with Gasteiger partial charge in [0.05, 0.1) is 19.3 Å². The zero-order valence-corrected chi connectivity index (χ0v) is 8.96. The highest BCUT2D eigenvalue weighted by Gasteiger charge is 2.29. The third kappa shape index (κ3) is 1.88. The van der Waals surface area contributed by atoms with Crippen LogP contribution >= 0.6 is 11.8 Å². The molecule has 0 atom stereocenters. The van der Waals surface area contributed by atoms with Crippen LogP contribution in [0.2, 0.25) is 0 Å². The molecule has 78 valence electrons. The van der Waals surface area contributed by atoms with Gasteiger partial charge in [0.25, 0.3) is 0 Å². The Morgan fingerprint density at radius 2 is 2.40 bits per heavy atom. The fraction of sp³-hybridized carbons (Fsp3) is 0.444. The number of hydrogen-bond acceptors (Lipinski definition) is 5. The van der Waals surface area contributed by atoms with E-state index in [1.807, 2.05) is 12.3 Å². The fourth-order valence-corrected chi connectivity index (χ4v) is 1.71. The molecule has 1 aromatic rings. The molecule has 0 radical (unpaired) electrons. The van der Waals surface area contributed by atoms with Crippen LogP contribution in [0.15, 0.2) is 11.4 Å². The number of halogens is 1. The Morgan fingerprint density at radius 1 is 1.67 bits per heavy atom. The zero-order valence-electron chi connectivity index (χ0n) is 8.14. The van der Waals surface area contributed by atoms with E-state index < -0.39 is 6.17 Å². The highest BCUT2D eigenvalue weighted by atomic mass is 32.2. The summed E-state index contributed by atoms with van der Waals surface area (Å²) in [4.78, 5) is 9.96. The topological polar surface area (TPSA) is 52.8 Å². The minimum absolute atomic E-state index is 0.319. The van der Waals surface area contributed by atoms with Gasteiger partial charge in [-0.25, -0.2) is 14.4 Å². The van der Waals surface area contributed by atoms with Gasteiger partial charge in [0, 0.05) is 0 Å². The van der Waals surface area contributed by atoms with E-state index in [2.05, 4.69) is 9.97 Å². The number of rotatable bonds is 2. The first-order valence-corrected chi connectivity index (χ1v) is 5.67. The minimum atomic E-state index is -0.802. The van der Waals surface area contributed by atoms with Crippen LogP contribution in [-0.2, 0) is 0 Å². The Morgan fingerprint density at radius 3 is 2.93 bits per heavy atom. The molecule has 1 fully saturated rings. The van der Waals surface area contributed by atoms with Crippen LogP contribution in [0.5, 0.6) is 0 Å². The molecule has 0 amide bonds. The quantitative estimate of drug-likeness (QED) is 0.558. The molecule has 0 bridgehead atoms. The van der Waals surface area contributed by atoms with Gasteiger partial charge in [0.2, 0.25) is 0 Å². The summed E-state index contributed by atoms with van der Waals surface area (Å²) in [5, 5.41) is 9.46. The number of anilines is 1. The standard InChI is InChI=1S/C9H9FN4S/c1-15-9-12-3-6(2-11)8(13-9)14-4-7(10)5-14/h3,7H,4-5H2,1H3. The molecule has 0 aliphatic carbocycles. The Balaban J connectivity index is 2.31. The van der Waals surface area contributed by atoms with E-state index in [1.165, 1.54) is 18.0 Å². The Bertz CT molecular complexity index is 411. The lowest BCUT2D eigenvalue weighted by Crippen LogP contribution is -2.49. The first-order valence-electron chi connectivity index (χ1n) is 4.44. The van der Waals surface area contributed by atoms with Gasteiger partial charge in [-0.15, -0.1) is 0 Å². The lowest BCUT2D eigenvalue weighted by atomic mass is 10.1. The number of nitrogens with zero attached hydrogens (tertiary/aromatic N) is 4. The van der Waals surface area contributed by atoms with Crippen molar-refractivity contribution in [1.29, 1.82) is 5.26 Å². The molecule has 0 spiro atoms. The van der Waals surface area contributed by atoms with Gasteiger partial charge in [-0.1, -0.05) is 11.8 Å². The summed E-state index contributed by atoms with van der Waals surface area (Å²) in [5.74, 6) is 0.547. The number of hydrogen-bond donors (Lipinski definition) is 0. The van der Waals surface area contributed by atoms with Gasteiger partial charge in [-0.05, 0) is 6.26 Å². The highest BCUT2D eigenvalue weighted by Crippen LogP contribution is 2.25. The molecule has 2 heterocycles. The lowest BCUT2D eigenvalue weighted by Gasteiger charge is -2.35. The Labute approximate surface area is 91.1 Å². The van der Waals surface area contributed by atoms with E-state index >= 15 is 0 Å². The molecule has 0 unspecified atom stereocenters. The third-order valence-electron chi connectivity index (χ3n) is 2.19. The Hall–Kier alpha value is -1.35. The monoisotopic (exact) mass is 224 g/mol. The number of nitriles is 1. The summed E-state index contributed by atoms with van der Waals surface area (Å²) < 4.78 is 12.7. The van der Waals surface area contributed by atoms with Gasteiger partial charge < -0.3 is 4.90 Å². The summed E-state index contributed by atoms with van der Waals surface area (Å²) in [6.45, 7) is 0.638. The van der Waals surface area contributed by atoms with Gasteiger partial charge in [-0.2, -0.15) is 5.26 Å². The molecule has 1 aliphatic rings. The second-order valence-electron chi connectivity index (χ2n) is 3.21. The fourth-order valence-electron chi connectivity index (χ4n) is 1.37. The number of alkyl halides is 1. The second-order valence-corrected chi connectivity index (χ2v) is 3.98. The van der Waals surface area contributed by atoms with Gasteiger partial charge in [0.1, 0.15) is 17.8 Å². The van der Waals surface area contributed by atoms with E-state index in [1.54, 1.807) is 4.90 Å². The summed E-state index contributed by atoms with van der Waals surface area (Å²) >= 11 is 1.40. The van der Waals surface area contributed by atoms with Crippen molar-refractivity contribution in [3.8, 4) is 6.07 Å². The third-order valence-corrected chi connectivity index (χ3v) is 2.75. The van der Waals surface area contributed by atoms with Crippen LogP contribution in [0, 0.1) is 11.3 Å². The van der Waals surface area contributed by atoms with Gasteiger partial charge >= 0.3 is 0 Å². The lowest BCUT2D eigenvalue weighted by molar-refractivity contribution is 0.273. The summed E-state index contributed by atoms with van der Waals surface area (Å²) in [7, 11) is 0. The van der Waals surface area contributed by atoms with Crippen molar-refractivity contribution in [2.24, 2.45) is 0 Å².